The molecule has 0 amide bonds. The first-order valence-electron chi connectivity index (χ1n) is 7.35. The van der Waals surface area contributed by atoms with Crippen molar-refractivity contribution in [1.82, 2.24) is 5.32 Å². The SMILES string of the molecule is COc1ccc2c(c1)C(NC(C)c1ccc(Cl)cc1)CC2. The Morgan fingerprint density at radius 2 is 1.95 bits per heavy atom. The first-order valence-corrected chi connectivity index (χ1v) is 7.73. The summed E-state index contributed by atoms with van der Waals surface area (Å²) in [5, 5.41) is 4.50. The molecule has 0 spiro atoms. The van der Waals surface area contributed by atoms with Gasteiger partial charge in [-0.3, -0.25) is 0 Å². The Labute approximate surface area is 131 Å². The van der Waals surface area contributed by atoms with Crippen molar-refractivity contribution in [3.8, 4) is 5.75 Å². The van der Waals surface area contributed by atoms with E-state index in [-0.39, 0.29) is 0 Å². The van der Waals surface area contributed by atoms with Gasteiger partial charge in [-0.15, -0.1) is 0 Å². The molecule has 0 radical (unpaired) electrons. The Kier molecular flexibility index (Phi) is 4.18. The van der Waals surface area contributed by atoms with Gasteiger partial charge in [-0.1, -0.05) is 29.8 Å². The molecule has 0 bridgehead atoms. The van der Waals surface area contributed by atoms with Crippen LogP contribution in [-0.4, -0.2) is 7.11 Å². The van der Waals surface area contributed by atoms with E-state index in [0.717, 1.165) is 23.6 Å². The van der Waals surface area contributed by atoms with Crippen molar-refractivity contribution in [1.29, 1.82) is 0 Å². The third kappa shape index (κ3) is 3.07. The molecule has 0 heterocycles. The number of hydrogen-bond acceptors (Lipinski definition) is 2. The molecule has 1 N–H and O–H groups in total. The van der Waals surface area contributed by atoms with E-state index in [1.807, 2.05) is 18.2 Å². The molecule has 110 valence electrons. The molecule has 2 aromatic rings. The van der Waals surface area contributed by atoms with Gasteiger partial charge in [0.25, 0.3) is 0 Å². The minimum atomic E-state index is 0.296. The highest BCUT2D eigenvalue weighted by atomic mass is 35.5. The largest absolute Gasteiger partial charge is 0.497 e. The quantitative estimate of drug-likeness (QED) is 0.885. The molecule has 2 unspecified atom stereocenters. The summed E-state index contributed by atoms with van der Waals surface area (Å²) in [7, 11) is 1.72. The molecular formula is C18H20ClNO. The van der Waals surface area contributed by atoms with Gasteiger partial charge in [-0.25, -0.2) is 0 Å². The van der Waals surface area contributed by atoms with Crippen molar-refractivity contribution < 1.29 is 4.74 Å². The van der Waals surface area contributed by atoms with Gasteiger partial charge in [-0.2, -0.15) is 0 Å². The van der Waals surface area contributed by atoms with Crippen molar-refractivity contribution in [2.45, 2.75) is 31.8 Å². The molecule has 0 saturated heterocycles. The Morgan fingerprint density at radius 1 is 1.19 bits per heavy atom. The molecule has 3 heteroatoms. The number of fused-ring (bicyclic) bond motifs is 1. The van der Waals surface area contributed by atoms with Crippen LogP contribution in [0.1, 0.15) is 42.1 Å². The highest BCUT2D eigenvalue weighted by Crippen LogP contribution is 2.35. The molecule has 21 heavy (non-hydrogen) atoms. The fourth-order valence-corrected chi connectivity index (χ4v) is 3.16. The van der Waals surface area contributed by atoms with E-state index < -0.39 is 0 Å². The normalized spacial score (nSPS) is 18.3. The van der Waals surface area contributed by atoms with Crippen LogP contribution in [-0.2, 0) is 6.42 Å². The van der Waals surface area contributed by atoms with Crippen LogP contribution < -0.4 is 10.1 Å². The fraction of sp³-hybridized carbons (Fsp3) is 0.333. The maximum Gasteiger partial charge on any atom is 0.119 e. The summed E-state index contributed by atoms with van der Waals surface area (Å²) >= 11 is 5.95. The van der Waals surface area contributed by atoms with E-state index in [1.54, 1.807) is 7.11 Å². The first-order chi connectivity index (χ1) is 10.2. The number of hydrogen-bond donors (Lipinski definition) is 1. The maximum absolute atomic E-state index is 5.95. The van der Waals surface area contributed by atoms with Gasteiger partial charge in [0.2, 0.25) is 0 Å². The molecule has 2 atom stereocenters. The van der Waals surface area contributed by atoms with Gasteiger partial charge in [0.05, 0.1) is 7.11 Å². The Morgan fingerprint density at radius 3 is 2.67 bits per heavy atom. The van der Waals surface area contributed by atoms with Gasteiger partial charge < -0.3 is 10.1 Å². The molecule has 1 aliphatic carbocycles. The van der Waals surface area contributed by atoms with Gasteiger partial charge in [-0.05, 0) is 60.7 Å². The lowest BCUT2D eigenvalue weighted by Gasteiger charge is -2.21. The minimum Gasteiger partial charge on any atom is -0.497 e. The van der Waals surface area contributed by atoms with Crippen molar-refractivity contribution in [3.63, 3.8) is 0 Å². The molecule has 0 saturated carbocycles. The minimum absolute atomic E-state index is 0.296. The van der Waals surface area contributed by atoms with E-state index in [0.29, 0.717) is 12.1 Å². The van der Waals surface area contributed by atoms with Crippen LogP contribution >= 0.6 is 11.6 Å². The number of methoxy groups -OCH3 is 1. The standard InChI is InChI=1S/C18H20ClNO/c1-12(13-3-7-15(19)8-4-13)20-18-10-6-14-5-9-16(21-2)11-17(14)18/h3-5,7-9,11-12,18,20H,6,10H2,1-2H3. The van der Waals surface area contributed by atoms with Crippen molar-refractivity contribution in [2.24, 2.45) is 0 Å². The number of rotatable bonds is 4. The second-order valence-corrected chi connectivity index (χ2v) is 6.03. The second-order valence-electron chi connectivity index (χ2n) is 5.60. The molecule has 0 aliphatic heterocycles. The Bertz CT molecular complexity index is 624. The monoisotopic (exact) mass is 301 g/mol. The van der Waals surface area contributed by atoms with Gasteiger partial charge >= 0.3 is 0 Å². The average molecular weight is 302 g/mol. The smallest absolute Gasteiger partial charge is 0.119 e. The van der Waals surface area contributed by atoms with Crippen molar-refractivity contribution in [2.75, 3.05) is 7.11 Å². The predicted molar refractivity (Wildman–Crippen MR) is 87.1 cm³/mol. The van der Waals surface area contributed by atoms with Crippen molar-refractivity contribution >= 4 is 11.6 Å². The van der Waals surface area contributed by atoms with Crippen molar-refractivity contribution in [3.05, 3.63) is 64.2 Å². The lowest BCUT2D eigenvalue weighted by molar-refractivity contribution is 0.412. The average Bonchev–Trinajstić information content (AvgIpc) is 2.90. The van der Waals surface area contributed by atoms with E-state index in [9.17, 15) is 0 Å². The third-order valence-corrected chi connectivity index (χ3v) is 4.50. The van der Waals surface area contributed by atoms with E-state index >= 15 is 0 Å². The summed E-state index contributed by atoms with van der Waals surface area (Å²) in [6, 6.07) is 15.1. The van der Waals surface area contributed by atoms with Gasteiger partial charge in [0.15, 0.2) is 0 Å². The fourth-order valence-electron chi connectivity index (χ4n) is 3.03. The van der Waals surface area contributed by atoms with Crippen LogP contribution in [0.3, 0.4) is 0 Å². The summed E-state index contributed by atoms with van der Waals surface area (Å²) < 4.78 is 5.35. The number of ether oxygens (including phenoxy) is 1. The summed E-state index contributed by atoms with van der Waals surface area (Å²) in [5.74, 6) is 0.932. The van der Waals surface area contributed by atoms with Crippen LogP contribution in [0.5, 0.6) is 5.75 Å². The summed E-state index contributed by atoms with van der Waals surface area (Å²) in [6.45, 7) is 2.20. The van der Waals surface area contributed by atoms with Crippen LogP contribution in [0, 0.1) is 0 Å². The van der Waals surface area contributed by atoms with Crippen LogP contribution in [0.15, 0.2) is 42.5 Å². The zero-order chi connectivity index (χ0) is 14.8. The Balaban J connectivity index is 1.76. The lowest BCUT2D eigenvalue weighted by atomic mass is 10.0. The number of nitrogens with one attached hydrogen (secondary N) is 1. The lowest BCUT2D eigenvalue weighted by Crippen LogP contribution is -2.23. The summed E-state index contributed by atoms with van der Waals surface area (Å²) in [4.78, 5) is 0. The van der Waals surface area contributed by atoms with Gasteiger partial charge in [0.1, 0.15) is 5.75 Å². The molecule has 2 nitrogen and oxygen atoms in total. The highest BCUT2D eigenvalue weighted by Gasteiger charge is 2.24. The van der Waals surface area contributed by atoms with E-state index in [1.165, 1.54) is 16.7 Å². The van der Waals surface area contributed by atoms with Crippen LogP contribution in [0.2, 0.25) is 5.02 Å². The topological polar surface area (TPSA) is 21.3 Å². The molecule has 0 fully saturated rings. The van der Waals surface area contributed by atoms with Gasteiger partial charge in [0, 0.05) is 17.1 Å². The molecular weight excluding hydrogens is 282 g/mol. The van der Waals surface area contributed by atoms with E-state index in [2.05, 4.69) is 36.5 Å². The zero-order valence-corrected chi connectivity index (χ0v) is 13.2. The zero-order valence-electron chi connectivity index (χ0n) is 12.4. The molecule has 1 aliphatic rings. The maximum atomic E-state index is 5.95. The Hall–Kier alpha value is -1.51. The third-order valence-electron chi connectivity index (χ3n) is 4.25. The second kappa shape index (κ2) is 6.08. The van der Waals surface area contributed by atoms with Crippen LogP contribution in [0.4, 0.5) is 0 Å². The predicted octanol–water partition coefficient (Wildman–Crippen LogP) is 4.69. The molecule has 0 aromatic heterocycles. The highest BCUT2D eigenvalue weighted by molar-refractivity contribution is 6.30. The molecule has 3 rings (SSSR count). The van der Waals surface area contributed by atoms with E-state index in [4.69, 9.17) is 16.3 Å². The number of halogens is 1. The molecule has 2 aromatic carbocycles. The summed E-state index contributed by atoms with van der Waals surface area (Å²) in [6.07, 6.45) is 2.27. The van der Waals surface area contributed by atoms with Crippen LogP contribution in [0.25, 0.3) is 0 Å². The summed E-state index contributed by atoms with van der Waals surface area (Å²) in [5.41, 5.74) is 4.06. The number of benzene rings is 2. The number of aryl methyl sites for hydroxylation is 1. The first kappa shape index (κ1) is 14.4.